The first-order chi connectivity index (χ1) is 9.15. The summed E-state index contributed by atoms with van der Waals surface area (Å²) in [5, 5.41) is 8.94. The third kappa shape index (κ3) is 2.85. The van der Waals surface area contributed by atoms with Crippen molar-refractivity contribution in [2.24, 2.45) is 5.73 Å². The van der Waals surface area contributed by atoms with Crippen molar-refractivity contribution in [2.45, 2.75) is 25.4 Å². The molecule has 0 aliphatic carbocycles. The Labute approximate surface area is 112 Å². The third-order valence-corrected chi connectivity index (χ3v) is 3.46. The molecule has 1 aromatic rings. The summed E-state index contributed by atoms with van der Waals surface area (Å²) in [6.45, 7) is 1.52. The van der Waals surface area contributed by atoms with Crippen molar-refractivity contribution in [3.05, 3.63) is 29.3 Å². The predicted molar refractivity (Wildman–Crippen MR) is 70.3 cm³/mol. The molecule has 1 aromatic carbocycles. The largest absolute Gasteiger partial charge is 0.495 e. The van der Waals surface area contributed by atoms with Crippen molar-refractivity contribution in [1.82, 2.24) is 4.90 Å². The minimum Gasteiger partial charge on any atom is -0.495 e. The van der Waals surface area contributed by atoms with Crippen LogP contribution in [0.15, 0.2) is 18.2 Å². The van der Waals surface area contributed by atoms with E-state index in [-0.39, 0.29) is 11.9 Å². The van der Waals surface area contributed by atoms with E-state index in [0.29, 0.717) is 17.9 Å². The Bertz CT molecular complexity index is 522. The second-order valence-corrected chi connectivity index (χ2v) is 4.68. The van der Waals surface area contributed by atoms with Crippen molar-refractivity contribution in [2.75, 3.05) is 13.7 Å². The van der Waals surface area contributed by atoms with Crippen LogP contribution in [0, 0.1) is 11.3 Å². The molecule has 1 aliphatic rings. The maximum atomic E-state index is 11.3. The van der Waals surface area contributed by atoms with E-state index in [4.69, 9.17) is 15.7 Å². The number of rotatable bonds is 4. The number of primary amides is 1. The molecule has 5 nitrogen and oxygen atoms in total. The molecule has 1 heterocycles. The second kappa shape index (κ2) is 5.72. The molecule has 1 amide bonds. The zero-order chi connectivity index (χ0) is 13.8. The van der Waals surface area contributed by atoms with E-state index in [1.165, 1.54) is 0 Å². The molecule has 5 heteroatoms. The molecule has 2 N–H and O–H groups in total. The van der Waals surface area contributed by atoms with Gasteiger partial charge in [-0.05, 0) is 37.1 Å². The van der Waals surface area contributed by atoms with Crippen molar-refractivity contribution < 1.29 is 9.53 Å². The van der Waals surface area contributed by atoms with Crippen LogP contribution in [0.3, 0.4) is 0 Å². The number of ether oxygens (including phenoxy) is 1. The van der Waals surface area contributed by atoms with Gasteiger partial charge in [0.25, 0.3) is 0 Å². The van der Waals surface area contributed by atoms with Crippen molar-refractivity contribution >= 4 is 5.91 Å². The fraction of sp³-hybridized carbons (Fsp3) is 0.429. The van der Waals surface area contributed by atoms with Gasteiger partial charge in [-0.3, -0.25) is 9.69 Å². The standard InChI is InChI=1S/C14H17N3O2/c1-19-13-7-10(4-5-11(13)8-15)9-17-6-2-3-12(17)14(16)18/h4-5,7,12H,2-3,6,9H2,1H3,(H2,16,18). The zero-order valence-electron chi connectivity index (χ0n) is 10.9. The molecular weight excluding hydrogens is 242 g/mol. The predicted octanol–water partition coefficient (Wildman–Crippen LogP) is 1.02. The molecule has 1 saturated heterocycles. The summed E-state index contributed by atoms with van der Waals surface area (Å²) in [6, 6.07) is 7.37. The first-order valence-corrected chi connectivity index (χ1v) is 6.26. The van der Waals surface area contributed by atoms with E-state index in [1.807, 2.05) is 12.1 Å². The molecule has 0 saturated carbocycles. The Kier molecular flexibility index (Phi) is 4.03. The van der Waals surface area contributed by atoms with Gasteiger partial charge in [-0.1, -0.05) is 6.07 Å². The number of benzene rings is 1. The van der Waals surface area contributed by atoms with Crippen LogP contribution in [0.2, 0.25) is 0 Å². The van der Waals surface area contributed by atoms with Gasteiger partial charge in [0.1, 0.15) is 11.8 Å². The van der Waals surface area contributed by atoms with Crippen molar-refractivity contribution in [3.63, 3.8) is 0 Å². The van der Waals surface area contributed by atoms with Crippen LogP contribution in [-0.4, -0.2) is 30.5 Å². The average Bonchev–Trinajstić information content (AvgIpc) is 2.87. The molecule has 2 rings (SSSR count). The third-order valence-electron chi connectivity index (χ3n) is 3.46. The smallest absolute Gasteiger partial charge is 0.234 e. The quantitative estimate of drug-likeness (QED) is 0.875. The number of methoxy groups -OCH3 is 1. The van der Waals surface area contributed by atoms with Gasteiger partial charge in [0.15, 0.2) is 0 Å². The Hall–Kier alpha value is -2.06. The molecule has 19 heavy (non-hydrogen) atoms. The van der Waals surface area contributed by atoms with Crippen LogP contribution >= 0.6 is 0 Å². The first kappa shape index (κ1) is 13.4. The van der Waals surface area contributed by atoms with Crippen LogP contribution in [0.25, 0.3) is 0 Å². The highest BCUT2D eigenvalue weighted by Gasteiger charge is 2.28. The lowest BCUT2D eigenvalue weighted by Crippen LogP contribution is -2.39. The van der Waals surface area contributed by atoms with E-state index in [2.05, 4.69) is 11.0 Å². The summed E-state index contributed by atoms with van der Waals surface area (Å²) in [4.78, 5) is 13.4. The lowest BCUT2D eigenvalue weighted by Gasteiger charge is -2.22. The maximum Gasteiger partial charge on any atom is 0.234 e. The van der Waals surface area contributed by atoms with Crippen LogP contribution in [0.5, 0.6) is 5.75 Å². The van der Waals surface area contributed by atoms with Crippen molar-refractivity contribution in [1.29, 1.82) is 5.26 Å². The Morgan fingerprint density at radius 1 is 1.63 bits per heavy atom. The van der Waals surface area contributed by atoms with Gasteiger partial charge in [0, 0.05) is 6.54 Å². The highest BCUT2D eigenvalue weighted by atomic mass is 16.5. The van der Waals surface area contributed by atoms with Gasteiger partial charge in [-0.15, -0.1) is 0 Å². The van der Waals surface area contributed by atoms with Gasteiger partial charge >= 0.3 is 0 Å². The molecule has 0 radical (unpaired) electrons. The summed E-state index contributed by atoms with van der Waals surface area (Å²) < 4.78 is 5.18. The van der Waals surface area contributed by atoms with Crippen LogP contribution in [0.1, 0.15) is 24.0 Å². The fourth-order valence-electron chi connectivity index (χ4n) is 2.50. The van der Waals surface area contributed by atoms with Crippen LogP contribution < -0.4 is 10.5 Å². The number of amides is 1. The van der Waals surface area contributed by atoms with E-state index < -0.39 is 0 Å². The minimum atomic E-state index is -0.266. The average molecular weight is 259 g/mol. The Morgan fingerprint density at radius 3 is 3.05 bits per heavy atom. The van der Waals surface area contributed by atoms with Gasteiger partial charge in [0.2, 0.25) is 5.91 Å². The molecule has 0 bridgehead atoms. The second-order valence-electron chi connectivity index (χ2n) is 4.68. The summed E-state index contributed by atoms with van der Waals surface area (Å²) in [7, 11) is 1.54. The summed E-state index contributed by atoms with van der Waals surface area (Å²) in [5.41, 5.74) is 6.93. The van der Waals surface area contributed by atoms with Gasteiger partial charge in [-0.25, -0.2) is 0 Å². The topological polar surface area (TPSA) is 79.3 Å². The maximum absolute atomic E-state index is 11.3. The molecule has 1 fully saturated rings. The monoisotopic (exact) mass is 259 g/mol. The molecule has 0 spiro atoms. The Balaban J connectivity index is 2.15. The molecular formula is C14H17N3O2. The van der Waals surface area contributed by atoms with Crippen molar-refractivity contribution in [3.8, 4) is 11.8 Å². The molecule has 100 valence electrons. The summed E-state index contributed by atoms with van der Waals surface area (Å²) >= 11 is 0. The number of hydrogen-bond acceptors (Lipinski definition) is 4. The summed E-state index contributed by atoms with van der Waals surface area (Å²) in [5.74, 6) is 0.299. The number of nitrogens with two attached hydrogens (primary N) is 1. The van der Waals surface area contributed by atoms with E-state index in [0.717, 1.165) is 24.9 Å². The van der Waals surface area contributed by atoms with Gasteiger partial charge < -0.3 is 10.5 Å². The lowest BCUT2D eigenvalue weighted by atomic mass is 10.1. The lowest BCUT2D eigenvalue weighted by molar-refractivity contribution is -0.122. The van der Waals surface area contributed by atoms with Gasteiger partial charge in [0.05, 0.1) is 18.7 Å². The number of nitrogens with zero attached hydrogens (tertiary/aromatic N) is 2. The molecule has 0 aromatic heterocycles. The summed E-state index contributed by atoms with van der Waals surface area (Å²) in [6.07, 6.45) is 1.81. The normalized spacial score (nSPS) is 19.1. The molecule has 1 unspecified atom stereocenters. The van der Waals surface area contributed by atoms with E-state index in [9.17, 15) is 4.79 Å². The fourth-order valence-corrected chi connectivity index (χ4v) is 2.50. The number of hydrogen-bond donors (Lipinski definition) is 1. The highest BCUT2D eigenvalue weighted by Crippen LogP contribution is 2.23. The highest BCUT2D eigenvalue weighted by molar-refractivity contribution is 5.80. The SMILES string of the molecule is COc1cc(CN2CCCC2C(N)=O)ccc1C#N. The number of nitriles is 1. The van der Waals surface area contributed by atoms with Gasteiger partial charge in [-0.2, -0.15) is 5.26 Å². The van der Waals surface area contributed by atoms with Crippen LogP contribution in [-0.2, 0) is 11.3 Å². The first-order valence-electron chi connectivity index (χ1n) is 6.26. The van der Waals surface area contributed by atoms with E-state index in [1.54, 1.807) is 13.2 Å². The van der Waals surface area contributed by atoms with Crippen LogP contribution in [0.4, 0.5) is 0 Å². The number of likely N-dealkylation sites (tertiary alicyclic amines) is 1. The zero-order valence-corrected chi connectivity index (χ0v) is 10.9. The number of carbonyl (C=O) groups excluding carboxylic acids is 1. The van der Waals surface area contributed by atoms with E-state index >= 15 is 0 Å². The number of carbonyl (C=O) groups is 1. The molecule has 1 aliphatic heterocycles. The minimum absolute atomic E-state index is 0.179. The molecule has 1 atom stereocenters. The Morgan fingerprint density at radius 2 is 2.42 bits per heavy atom.